The van der Waals surface area contributed by atoms with Gasteiger partial charge in [-0.2, -0.15) is 0 Å². The average Bonchev–Trinajstić information content (AvgIpc) is 2.45. The van der Waals surface area contributed by atoms with Gasteiger partial charge in [0.05, 0.1) is 19.3 Å². The summed E-state index contributed by atoms with van der Waals surface area (Å²) in [5.41, 5.74) is 0.484. The molecule has 0 fully saturated rings. The summed E-state index contributed by atoms with van der Waals surface area (Å²) >= 11 is 0. The summed E-state index contributed by atoms with van der Waals surface area (Å²) in [4.78, 5) is 25.7. The summed E-state index contributed by atoms with van der Waals surface area (Å²) < 4.78 is 4.80. The van der Waals surface area contributed by atoms with Gasteiger partial charge in [-0.3, -0.25) is 9.69 Å². The topological polar surface area (TPSA) is 90.3 Å². The zero-order valence-corrected chi connectivity index (χ0v) is 12.1. The van der Waals surface area contributed by atoms with E-state index in [2.05, 4.69) is 0 Å². The van der Waals surface area contributed by atoms with Crippen molar-refractivity contribution in [2.24, 2.45) is 0 Å². The van der Waals surface area contributed by atoms with Gasteiger partial charge in [-0.25, -0.2) is 4.79 Å². The zero-order valence-electron chi connectivity index (χ0n) is 12.1. The molecule has 1 unspecified atom stereocenters. The molecule has 2 N–H and O–H groups in total. The van der Waals surface area contributed by atoms with E-state index in [4.69, 9.17) is 9.84 Å². The fourth-order valence-corrected chi connectivity index (χ4v) is 1.86. The van der Waals surface area contributed by atoms with Crippen LogP contribution in [0.2, 0.25) is 0 Å². The predicted molar refractivity (Wildman–Crippen MR) is 77.3 cm³/mol. The third-order valence-electron chi connectivity index (χ3n) is 2.76. The largest absolute Gasteiger partial charge is 0.480 e. The van der Waals surface area contributed by atoms with Crippen LogP contribution in [0.25, 0.3) is 0 Å². The van der Waals surface area contributed by atoms with Gasteiger partial charge in [0.2, 0.25) is 0 Å². The minimum atomic E-state index is -1.11. The summed E-state index contributed by atoms with van der Waals surface area (Å²) in [5.74, 6) is -1.11. The standard InChI is InChI=1S/C14H20N2O5/c1-15(8-12(17)10-21-2)14(20)16(9-13(18)19)11-6-4-3-5-7-11/h3-7,12,17H,8-10H2,1-2H3,(H,18,19). The molecular weight excluding hydrogens is 276 g/mol. The van der Waals surface area contributed by atoms with Crippen LogP contribution >= 0.6 is 0 Å². The van der Waals surface area contributed by atoms with E-state index in [1.807, 2.05) is 0 Å². The van der Waals surface area contributed by atoms with Gasteiger partial charge in [-0.1, -0.05) is 18.2 Å². The van der Waals surface area contributed by atoms with Crippen molar-refractivity contribution in [1.82, 2.24) is 4.90 Å². The number of ether oxygens (including phenoxy) is 1. The van der Waals surface area contributed by atoms with Crippen LogP contribution in [-0.4, -0.2) is 67.1 Å². The molecule has 116 valence electrons. The second-order valence-electron chi connectivity index (χ2n) is 4.59. The smallest absolute Gasteiger partial charge is 0.324 e. The molecule has 0 aliphatic rings. The number of benzene rings is 1. The number of carboxylic acids is 1. The van der Waals surface area contributed by atoms with E-state index in [0.29, 0.717) is 5.69 Å². The molecule has 0 bridgehead atoms. The third kappa shape index (κ3) is 5.41. The molecule has 2 amide bonds. The molecule has 1 rings (SSSR count). The van der Waals surface area contributed by atoms with Crippen LogP contribution in [0.5, 0.6) is 0 Å². The Labute approximate surface area is 123 Å². The van der Waals surface area contributed by atoms with Crippen LogP contribution in [0, 0.1) is 0 Å². The number of urea groups is 1. The molecule has 0 radical (unpaired) electrons. The monoisotopic (exact) mass is 296 g/mol. The fourth-order valence-electron chi connectivity index (χ4n) is 1.86. The molecule has 0 aromatic heterocycles. The summed E-state index contributed by atoms with van der Waals surface area (Å²) in [6.45, 7) is -0.301. The van der Waals surface area contributed by atoms with E-state index in [1.54, 1.807) is 30.3 Å². The van der Waals surface area contributed by atoms with Crippen molar-refractivity contribution in [2.75, 3.05) is 38.8 Å². The zero-order chi connectivity index (χ0) is 15.8. The number of carbonyl (C=O) groups is 2. The maximum Gasteiger partial charge on any atom is 0.324 e. The first kappa shape index (κ1) is 16.9. The Morgan fingerprint density at radius 2 is 1.90 bits per heavy atom. The number of nitrogens with zero attached hydrogens (tertiary/aromatic N) is 2. The average molecular weight is 296 g/mol. The lowest BCUT2D eigenvalue weighted by Gasteiger charge is -2.28. The number of para-hydroxylation sites is 1. The molecule has 1 aromatic rings. The number of hydrogen-bond acceptors (Lipinski definition) is 4. The molecule has 0 spiro atoms. The van der Waals surface area contributed by atoms with Crippen LogP contribution in [0.3, 0.4) is 0 Å². The number of carbonyl (C=O) groups excluding carboxylic acids is 1. The SMILES string of the molecule is COCC(O)CN(C)C(=O)N(CC(=O)O)c1ccccc1. The molecule has 7 nitrogen and oxygen atoms in total. The number of amides is 2. The van der Waals surface area contributed by atoms with Gasteiger partial charge in [0.1, 0.15) is 6.54 Å². The lowest BCUT2D eigenvalue weighted by atomic mass is 10.3. The summed E-state index contributed by atoms with van der Waals surface area (Å²) in [6.07, 6.45) is -0.827. The number of likely N-dealkylation sites (N-methyl/N-ethyl adjacent to an activating group) is 1. The van der Waals surface area contributed by atoms with Crippen molar-refractivity contribution < 1.29 is 24.5 Å². The van der Waals surface area contributed by atoms with E-state index in [-0.39, 0.29) is 13.2 Å². The summed E-state index contributed by atoms with van der Waals surface area (Å²) in [7, 11) is 2.95. The maximum absolute atomic E-state index is 12.4. The van der Waals surface area contributed by atoms with Crippen molar-refractivity contribution >= 4 is 17.7 Å². The Morgan fingerprint density at radius 3 is 2.43 bits per heavy atom. The number of methoxy groups -OCH3 is 1. The van der Waals surface area contributed by atoms with Crippen LogP contribution in [0.15, 0.2) is 30.3 Å². The highest BCUT2D eigenvalue weighted by molar-refractivity contribution is 5.96. The number of aliphatic hydroxyl groups excluding tert-OH is 1. The van der Waals surface area contributed by atoms with Gasteiger partial charge in [0.15, 0.2) is 0 Å². The number of aliphatic carboxylic acids is 1. The van der Waals surface area contributed by atoms with Gasteiger partial charge in [0.25, 0.3) is 0 Å². The molecule has 0 saturated heterocycles. The summed E-state index contributed by atoms with van der Waals surface area (Å²) in [5, 5.41) is 18.6. The highest BCUT2D eigenvalue weighted by Gasteiger charge is 2.23. The number of rotatable bonds is 7. The number of aliphatic hydroxyl groups is 1. The van der Waals surface area contributed by atoms with E-state index < -0.39 is 24.6 Å². The van der Waals surface area contributed by atoms with E-state index in [9.17, 15) is 14.7 Å². The number of hydrogen-bond donors (Lipinski definition) is 2. The highest BCUT2D eigenvalue weighted by Crippen LogP contribution is 2.15. The Morgan fingerprint density at radius 1 is 1.29 bits per heavy atom. The van der Waals surface area contributed by atoms with Crippen LogP contribution in [-0.2, 0) is 9.53 Å². The second-order valence-corrected chi connectivity index (χ2v) is 4.59. The van der Waals surface area contributed by atoms with Crippen molar-refractivity contribution in [2.45, 2.75) is 6.10 Å². The Bertz CT molecular complexity index is 466. The fraction of sp³-hybridized carbons (Fsp3) is 0.429. The Hall–Kier alpha value is -2.12. The van der Waals surface area contributed by atoms with E-state index in [1.165, 1.54) is 19.1 Å². The van der Waals surface area contributed by atoms with Crippen molar-refractivity contribution in [1.29, 1.82) is 0 Å². The third-order valence-corrected chi connectivity index (χ3v) is 2.76. The normalized spacial score (nSPS) is 11.8. The lowest BCUT2D eigenvalue weighted by molar-refractivity contribution is -0.135. The minimum absolute atomic E-state index is 0.0512. The van der Waals surface area contributed by atoms with Gasteiger partial charge in [-0.15, -0.1) is 0 Å². The molecular formula is C14H20N2O5. The van der Waals surface area contributed by atoms with Gasteiger partial charge < -0.3 is 19.8 Å². The van der Waals surface area contributed by atoms with Crippen LogP contribution in [0.4, 0.5) is 10.5 Å². The second kappa shape index (κ2) is 8.23. The minimum Gasteiger partial charge on any atom is -0.480 e. The molecule has 0 heterocycles. The van der Waals surface area contributed by atoms with Gasteiger partial charge in [-0.05, 0) is 12.1 Å². The maximum atomic E-state index is 12.4. The first-order chi connectivity index (χ1) is 9.95. The number of anilines is 1. The first-order valence-corrected chi connectivity index (χ1v) is 6.42. The lowest BCUT2D eigenvalue weighted by Crippen LogP contribution is -2.46. The van der Waals surface area contributed by atoms with Crippen LogP contribution < -0.4 is 4.90 Å². The predicted octanol–water partition coefficient (Wildman–Crippen LogP) is 0.637. The van der Waals surface area contributed by atoms with E-state index >= 15 is 0 Å². The highest BCUT2D eigenvalue weighted by atomic mass is 16.5. The summed E-state index contributed by atoms with van der Waals surface area (Å²) in [6, 6.07) is 8.02. The molecule has 21 heavy (non-hydrogen) atoms. The van der Waals surface area contributed by atoms with Crippen molar-refractivity contribution in [3.05, 3.63) is 30.3 Å². The quantitative estimate of drug-likeness (QED) is 0.770. The van der Waals surface area contributed by atoms with Gasteiger partial charge >= 0.3 is 12.0 Å². The molecule has 7 heteroatoms. The van der Waals surface area contributed by atoms with E-state index in [0.717, 1.165) is 4.90 Å². The molecule has 0 aliphatic heterocycles. The Balaban J connectivity index is 2.83. The molecule has 0 aliphatic carbocycles. The number of carboxylic acid groups (broad SMARTS) is 1. The van der Waals surface area contributed by atoms with Crippen LogP contribution in [0.1, 0.15) is 0 Å². The van der Waals surface area contributed by atoms with Gasteiger partial charge in [0, 0.05) is 19.8 Å². The molecule has 1 atom stereocenters. The van der Waals surface area contributed by atoms with Crippen molar-refractivity contribution in [3.8, 4) is 0 Å². The molecule has 1 aromatic carbocycles. The Kier molecular flexibility index (Phi) is 6.64. The molecule has 0 saturated carbocycles. The van der Waals surface area contributed by atoms with Crippen molar-refractivity contribution in [3.63, 3.8) is 0 Å². The first-order valence-electron chi connectivity index (χ1n) is 6.42.